The first-order valence-corrected chi connectivity index (χ1v) is 5.57. The van der Waals surface area contributed by atoms with E-state index < -0.39 is 18.8 Å². The number of hydrogen-bond acceptors (Lipinski definition) is 4. The lowest BCUT2D eigenvalue weighted by molar-refractivity contribution is -0.174. The zero-order chi connectivity index (χ0) is 12.9. The first kappa shape index (κ1) is 14.5. The minimum absolute atomic E-state index is 0.0679. The molecule has 0 radical (unpaired) electrons. The Morgan fingerprint density at radius 2 is 2.24 bits per heavy atom. The third-order valence-corrected chi connectivity index (χ3v) is 2.63. The van der Waals surface area contributed by atoms with Gasteiger partial charge in [-0.3, -0.25) is 5.84 Å². The molecule has 3 N–H and O–H groups in total. The number of nitrogens with one attached hydrogen (secondary N) is 1. The Morgan fingerprint density at radius 3 is 2.71 bits per heavy atom. The number of furan rings is 1. The van der Waals surface area contributed by atoms with Crippen LogP contribution in [0, 0.1) is 0 Å². The Balaban J connectivity index is 2.37. The number of nitrogens with two attached hydrogens (primary N) is 1. The van der Waals surface area contributed by atoms with Crippen molar-refractivity contribution < 1.29 is 22.3 Å². The number of hydrogen-bond donors (Lipinski definition) is 2. The molecule has 1 unspecified atom stereocenters. The van der Waals surface area contributed by atoms with Gasteiger partial charge in [0, 0.05) is 6.61 Å². The predicted octanol–water partition coefficient (Wildman–Crippen LogP) is 2.52. The van der Waals surface area contributed by atoms with Crippen LogP contribution < -0.4 is 11.3 Å². The molecule has 4 nitrogen and oxygen atoms in total. The van der Waals surface area contributed by atoms with E-state index in [4.69, 9.17) is 10.3 Å². The van der Waals surface area contributed by atoms with Crippen LogP contribution in [0.1, 0.15) is 18.2 Å². The van der Waals surface area contributed by atoms with Crippen LogP contribution in [0.4, 0.5) is 13.2 Å². The van der Waals surface area contributed by atoms with E-state index in [1.807, 2.05) is 0 Å². The van der Waals surface area contributed by atoms with Crippen molar-refractivity contribution in [1.82, 2.24) is 5.43 Å². The second-order valence-corrected chi connectivity index (χ2v) is 4.16. The van der Waals surface area contributed by atoms with Crippen LogP contribution in [0.15, 0.2) is 21.2 Å². The van der Waals surface area contributed by atoms with E-state index in [-0.39, 0.29) is 13.0 Å². The van der Waals surface area contributed by atoms with Crippen LogP contribution >= 0.6 is 15.9 Å². The predicted molar refractivity (Wildman–Crippen MR) is 58.0 cm³/mol. The van der Waals surface area contributed by atoms with E-state index in [1.54, 1.807) is 6.07 Å². The summed E-state index contributed by atoms with van der Waals surface area (Å²) in [5, 5.41) is 0. The van der Waals surface area contributed by atoms with E-state index >= 15 is 0 Å². The highest BCUT2D eigenvalue weighted by molar-refractivity contribution is 9.10. The minimum Gasteiger partial charge on any atom is -0.466 e. The Bertz CT molecular complexity index is 343. The van der Waals surface area contributed by atoms with Crippen molar-refractivity contribution in [3.8, 4) is 0 Å². The van der Waals surface area contributed by atoms with Crippen molar-refractivity contribution in [1.29, 1.82) is 0 Å². The molecule has 0 spiro atoms. The summed E-state index contributed by atoms with van der Waals surface area (Å²) < 4.78 is 45.8. The molecular weight excluding hydrogens is 305 g/mol. The fraction of sp³-hybridized carbons (Fsp3) is 0.556. The minimum atomic E-state index is -4.31. The van der Waals surface area contributed by atoms with E-state index in [9.17, 15) is 13.2 Å². The maximum absolute atomic E-state index is 11.8. The summed E-state index contributed by atoms with van der Waals surface area (Å²) >= 11 is 3.24. The average Bonchev–Trinajstić information content (AvgIpc) is 2.63. The van der Waals surface area contributed by atoms with Crippen molar-refractivity contribution in [3.63, 3.8) is 0 Å². The van der Waals surface area contributed by atoms with Crippen molar-refractivity contribution >= 4 is 15.9 Å². The molecule has 17 heavy (non-hydrogen) atoms. The number of rotatable bonds is 6. The van der Waals surface area contributed by atoms with Gasteiger partial charge in [-0.2, -0.15) is 13.2 Å². The highest BCUT2D eigenvalue weighted by Crippen LogP contribution is 2.26. The smallest absolute Gasteiger partial charge is 0.411 e. The third-order valence-electron chi connectivity index (χ3n) is 1.98. The van der Waals surface area contributed by atoms with Crippen LogP contribution in [0.25, 0.3) is 0 Å². The first-order valence-electron chi connectivity index (χ1n) is 4.77. The molecule has 0 aromatic carbocycles. The summed E-state index contributed by atoms with van der Waals surface area (Å²) in [5.41, 5.74) is 2.46. The largest absolute Gasteiger partial charge is 0.466 e. The van der Waals surface area contributed by atoms with Crippen LogP contribution in [0.3, 0.4) is 0 Å². The normalized spacial score (nSPS) is 13.9. The number of hydrazine groups is 1. The topological polar surface area (TPSA) is 60.4 Å². The highest BCUT2D eigenvalue weighted by Gasteiger charge is 2.27. The molecule has 98 valence electrons. The van der Waals surface area contributed by atoms with E-state index in [0.29, 0.717) is 10.2 Å². The molecule has 1 aromatic heterocycles. The van der Waals surface area contributed by atoms with Gasteiger partial charge in [0.15, 0.2) is 0 Å². The monoisotopic (exact) mass is 316 g/mol. The fourth-order valence-electron chi connectivity index (χ4n) is 1.23. The van der Waals surface area contributed by atoms with Crippen molar-refractivity contribution in [3.05, 3.63) is 22.6 Å². The Kier molecular flexibility index (Phi) is 5.44. The van der Waals surface area contributed by atoms with Gasteiger partial charge in [-0.15, -0.1) is 0 Å². The summed E-state index contributed by atoms with van der Waals surface area (Å²) in [6.07, 6.45) is -2.57. The number of alkyl halides is 3. The molecule has 1 aromatic rings. The van der Waals surface area contributed by atoms with Gasteiger partial charge in [0.1, 0.15) is 12.4 Å². The van der Waals surface area contributed by atoms with Crippen LogP contribution in [0.5, 0.6) is 0 Å². The average molecular weight is 317 g/mol. The van der Waals surface area contributed by atoms with Gasteiger partial charge in [0.05, 0.1) is 16.8 Å². The highest BCUT2D eigenvalue weighted by atomic mass is 79.9. The molecule has 0 saturated heterocycles. The molecule has 1 heterocycles. The lowest BCUT2D eigenvalue weighted by Gasteiger charge is -2.14. The number of halogens is 4. The van der Waals surface area contributed by atoms with Gasteiger partial charge in [-0.05, 0) is 28.4 Å². The van der Waals surface area contributed by atoms with Gasteiger partial charge in [0.25, 0.3) is 0 Å². The van der Waals surface area contributed by atoms with E-state index in [1.165, 1.54) is 6.26 Å². The summed E-state index contributed by atoms with van der Waals surface area (Å²) in [4.78, 5) is 0. The van der Waals surface area contributed by atoms with Crippen LogP contribution in [-0.4, -0.2) is 19.4 Å². The zero-order valence-corrected chi connectivity index (χ0v) is 10.3. The molecule has 0 bridgehead atoms. The molecule has 8 heteroatoms. The van der Waals surface area contributed by atoms with Gasteiger partial charge in [-0.25, -0.2) is 5.43 Å². The Hall–Kier alpha value is -0.570. The quantitative estimate of drug-likeness (QED) is 0.481. The molecule has 0 fully saturated rings. The standard InChI is InChI=1S/C9H12BrF3N2O2/c10-6-1-4-17-8(6)7(15-14)2-3-16-5-9(11,12)13/h1,4,7,15H,2-3,5,14H2. The summed E-state index contributed by atoms with van der Waals surface area (Å²) in [6.45, 7) is -1.33. The molecule has 1 rings (SSSR count). The summed E-state index contributed by atoms with van der Waals surface area (Å²) in [5.74, 6) is 5.82. The number of ether oxygens (including phenoxy) is 1. The van der Waals surface area contributed by atoms with Crippen molar-refractivity contribution in [2.24, 2.45) is 5.84 Å². The fourth-order valence-corrected chi connectivity index (χ4v) is 1.71. The molecular formula is C9H12BrF3N2O2. The lowest BCUT2D eigenvalue weighted by Crippen LogP contribution is -2.29. The molecule has 0 amide bonds. The molecule has 1 atom stereocenters. The SMILES string of the molecule is NNC(CCOCC(F)(F)F)c1occc1Br. The maximum atomic E-state index is 11.8. The molecule has 0 aliphatic heterocycles. The Morgan fingerprint density at radius 1 is 1.53 bits per heavy atom. The second kappa shape index (κ2) is 6.39. The van der Waals surface area contributed by atoms with Gasteiger partial charge < -0.3 is 9.15 Å². The zero-order valence-electron chi connectivity index (χ0n) is 8.76. The second-order valence-electron chi connectivity index (χ2n) is 3.31. The van der Waals surface area contributed by atoms with E-state index in [2.05, 4.69) is 26.1 Å². The van der Waals surface area contributed by atoms with Crippen molar-refractivity contribution in [2.75, 3.05) is 13.2 Å². The Labute approximate surface area is 104 Å². The lowest BCUT2D eigenvalue weighted by atomic mass is 10.2. The molecule has 0 aliphatic rings. The van der Waals surface area contributed by atoms with Crippen molar-refractivity contribution in [2.45, 2.75) is 18.6 Å². The summed E-state index contributed by atoms with van der Waals surface area (Å²) in [6, 6.07) is 1.28. The summed E-state index contributed by atoms with van der Waals surface area (Å²) in [7, 11) is 0. The van der Waals surface area contributed by atoms with Crippen LogP contribution in [-0.2, 0) is 4.74 Å². The van der Waals surface area contributed by atoms with Crippen LogP contribution in [0.2, 0.25) is 0 Å². The third kappa shape index (κ3) is 5.07. The maximum Gasteiger partial charge on any atom is 0.411 e. The first-order chi connectivity index (χ1) is 7.94. The van der Waals surface area contributed by atoms with Gasteiger partial charge in [-0.1, -0.05) is 0 Å². The van der Waals surface area contributed by atoms with Gasteiger partial charge >= 0.3 is 6.18 Å². The van der Waals surface area contributed by atoms with E-state index in [0.717, 1.165) is 0 Å². The molecule has 0 saturated carbocycles. The molecule has 0 aliphatic carbocycles. The van der Waals surface area contributed by atoms with Gasteiger partial charge in [0.2, 0.25) is 0 Å².